The first-order valence-electron chi connectivity index (χ1n) is 6.02. The van der Waals surface area contributed by atoms with Crippen LogP contribution in [0.4, 0.5) is 0 Å². The first kappa shape index (κ1) is 12.3. The fourth-order valence-corrected chi connectivity index (χ4v) is 2.07. The third-order valence-electron chi connectivity index (χ3n) is 3.10. The minimum Gasteiger partial charge on any atom is -0.465 e. The summed E-state index contributed by atoms with van der Waals surface area (Å²) in [6.45, 7) is 1.82. The average molecular weight is 269 g/mol. The van der Waals surface area contributed by atoms with Crippen molar-refractivity contribution < 1.29 is 13.9 Å². The number of nitrogens with zero attached hydrogens (tertiary/aromatic N) is 1. The summed E-state index contributed by atoms with van der Waals surface area (Å²) in [6.07, 6.45) is 0. The summed E-state index contributed by atoms with van der Waals surface area (Å²) in [5.74, 6) is -0.492. The molecule has 0 aliphatic carbocycles. The van der Waals surface area contributed by atoms with Gasteiger partial charge in [0.05, 0.1) is 23.4 Å². The second kappa shape index (κ2) is 4.45. The lowest BCUT2D eigenvalue weighted by Crippen LogP contribution is -2.06. The van der Waals surface area contributed by atoms with Crippen molar-refractivity contribution >= 4 is 28.0 Å². The van der Waals surface area contributed by atoms with Gasteiger partial charge in [-0.05, 0) is 37.3 Å². The average Bonchev–Trinajstić information content (AvgIpc) is 2.46. The van der Waals surface area contributed by atoms with E-state index < -0.39 is 5.97 Å². The van der Waals surface area contributed by atoms with E-state index in [-0.39, 0.29) is 5.43 Å². The van der Waals surface area contributed by atoms with Gasteiger partial charge in [-0.2, -0.15) is 0 Å². The molecule has 2 heterocycles. The van der Waals surface area contributed by atoms with Crippen molar-refractivity contribution in [2.45, 2.75) is 6.92 Å². The quantitative estimate of drug-likeness (QED) is 0.501. The van der Waals surface area contributed by atoms with Gasteiger partial charge in [0.1, 0.15) is 5.58 Å². The number of rotatable bonds is 1. The summed E-state index contributed by atoms with van der Waals surface area (Å²) in [6, 6.07) is 8.03. The molecule has 0 spiro atoms. The van der Waals surface area contributed by atoms with E-state index in [9.17, 15) is 9.59 Å². The van der Waals surface area contributed by atoms with Gasteiger partial charge in [-0.25, -0.2) is 9.78 Å². The number of aryl methyl sites for hydroxylation is 1. The molecule has 5 heteroatoms. The number of carbonyl (C=O) groups is 1. The fraction of sp³-hybridized carbons (Fsp3) is 0.133. The van der Waals surface area contributed by atoms with E-state index in [1.807, 2.05) is 6.92 Å². The second-order valence-electron chi connectivity index (χ2n) is 4.44. The number of aromatic nitrogens is 1. The van der Waals surface area contributed by atoms with Gasteiger partial charge in [0, 0.05) is 5.69 Å². The van der Waals surface area contributed by atoms with E-state index in [0.29, 0.717) is 27.6 Å². The van der Waals surface area contributed by atoms with Crippen LogP contribution in [-0.2, 0) is 4.74 Å². The number of pyridine rings is 1. The predicted molar refractivity (Wildman–Crippen MR) is 73.9 cm³/mol. The number of hydrogen-bond acceptors (Lipinski definition) is 5. The zero-order chi connectivity index (χ0) is 14.3. The van der Waals surface area contributed by atoms with Crippen molar-refractivity contribution in [2.24, 2.45) is 0 Å². The number of esters is 1. The molecular formula is C15H11NO4. The van der Waals surface area contributed by atoms with E-state index >= 15 is 0 Å². The molecule has 0 bridgehead atoms. The Morgan fingerprint density at radius 3 is 2.75 bits per heavy atom. The lowest BCUT2D eigenvalue weighted by Gasteiger charge is -2.03. The highest BCUT2D eigenvalue weighted by atomic mass is 16.5. The van der Waals surface area contributed by atoms with Gasteiger partial charge in [0.25, 0.3) is 0 Å². The molecule has 100 valence electrons. The summed E-state index contributed by atoms with van der Waals surface area (Å²) in [4.78, 5) is 28.1. The van der Waals surface area contributed by atoms with Crippen LogP contribution in [0.15, 0.2) is 39.5 Å². The summed E-state index contributed by atoms with van der Waals surface area (Å²) in [5.41, 5.74) is 1.57. The molecule has 20 heavy (non-hydrogen) atoms. The Morgan fingerprint density at radius 2 is 2.00 bits per heavy atom. The van der Waals surface area contributed by atoms with Crippen LogP contribution in [0.2, 0.25) is 0 Å². The van der Waals surface area contributed by atoms with Crippen LogP contribution >= 0.6 is 0 Å². The Labute approximate surface area is 113 Å². The minimum atomic E-state index is -0.492. The van der Waals surface area contributed by atoms with Gasteiger partial charge in [0.15, 0.2) is 0 Å². The third kappa shape index (κ3) is 1.84. The number of fused-ring (bicyclic) bond motifs is 2. The van der Waals surface area contributed by atoms with Crippen molar-refractivity contribution in [1.29, 1.82) is 0 Å². The molecule has 3 aromatic rings. The second-order valence-corrected chi connectivity index (χ2v) is 4.44. The SMILES string of the molecule is COC(=O)c1ccc2oc3nc(C)ccc3c(=O)c2c1. The van der Waals surface area contributed by atoms with Gasteiger partial charge in [-0.1, -0.05) is 0 Å². The highest BCUT2D eigenvalue weighted by molar-refractivity contribution is 5.96. The number of hydrogen-bond donors (Lipinski definition) is 0. The summed E-state index contributed by atoms with van der Waals surface area (Å²) >= 11 is 0. The first-order chi connectivity index (χ1) is 9.60. The van der Waals surface area contributed by atoms with Crippen LogP contribution in [0.3, 0.4) is 0 Å². The minimum absolute atomic E-state index is 0.209. The molecule has 0 fully saturated rings. The Bertz CT molecular complexity index is 895. The van der Waals surface area contributed by atoms with Crippen LogP contribution in [0.25, 0.3) is 22.1 Å². The molecule has 0 N–H and O–H groups in total. The van der Waals surface area contributed by atoms with Gasteiger partial charge < -0.3 is 9.15 Å². The van der Waals surface area contributed by atoms with Gasteiger partial charge in [-0.3, -0.25) is 4.79 Å². The van der Waals surface area contributed by atoms with E-state index in [0.717, 1.165) is 5.69 Å². The Morgan fingerprint density at radius 1 is 1.20 bits per heavy atom. The molecule has 1 aromatic carbocycles. The topological polar surface area (TPSA) is 69.4 Å². The van der Waals surface area contributed by atoms with Crippen molar-refractivity contribution in [3.63, 3.8) is 0 Å². The van der Waals surface area contributed by atoms with Crippen LogP contribution in [-0.4, -0.2) is 18.1 Å². The summed E-state index contributed by atoms with van der Waals surface area (Å²) in [7, 11) is 1.29. The number of methoxy groups -OCH3 is 1. The van der Waals surface area contributed by atoms with E-state index in [4.69, 9.17) is 4.42 Å². The summed E-state index contributed by atoms with van der Waals surface area (Å²) in [5, 5.41) is 0.733. The molecule has 0 amide bonds. The monoisotopic (exact) mass is 269 g/mol. The fourth-order valence-electron chi connectivity index (χ4n) is 2.07. The van der Waals surface area contributed by atoms with E-state index in [2.05, 4.69) is 9.72 Å². The standard InChI is InChI=1S/C15H11NO4/c1-8-3-5-10-13(17)11-7-9(15(18)19-2)4-6-12(11)20-14(10)16-8/h3-7H,1-2H3. The highest BCUT2D eigenvalue weighted by Gasteiger charge is 2.12. The molecule has 0 aliphatic heterocycles. The normalized spacial score (nSPS) is 10.9. The smallest absolute Gasteiger partial charge is 0.337 e. The van der Waals surface area contributed by atoms with Crippen LogP contribution < -0.4 is 5.43 Å². The van der Waals surface area contributed by atoms with E-state index in [1.165, 1.54) is 13.2 Å². The van der Waals surface area contributed by atoms with Crippen molar-refractivity contribution in [1.82, 2.24) is 4.98 Å². The highest BCUT2D eigenvalue weighted by Crippen LogP contribution is 2.19. The van der Waals surface area contributed by atoms with E-state index in [1.54, 1.807) is 24.3 Å². The Hall–Kier alpha value is -2.69. The third-order valence-corrected chi connectivity index (χ3v) is 3.10. The van der Waals surface area contributed by atoms with Crippen LogP contribution in [0, 0.1) is 6.92 Å². The zero-order valence-electron chi connectivity index (χ0n) is 11.0. The summed E-state index contributed by atoms with van der Waals surface area (Å²) < 4.78 is 10.3. The van der Waals surface area contributed by atoms with Crippen LogP contribution in [0.1, 0.15) is 16.1 Å². The van der Waals surface area contributed by atoms with Gasteiger partial charge in [-0.15, -0.1) is 0 Å². The molecule has 0 saturated heterocycles. The molecule has 3 rings (SSSR count). The maximum Gasteiger partial charge on any atom is 0.337 e. The molecule has 0 radical (unpaired) electrons. The van der Waals surface area contributed by atoms with Crippen LogP contribution in [0.5, 0.6) is 0 Å². The number of carbonyl (C=O) groups excluding carboxylic acids is 1. The molecule has 5 nitrogen and oxygen atoms in total. The molecule has 0 unspecified atom stereocenters. The maximum atomic E-state index is 12.4. The molecule has 0 atom stereocenters. The van der Waals surface area contributed by atoms with Gasteiger partial charge in [0.2, 0.25) is 11.1 Å². The lowest BCUT2D eigenvalue weighted by molar-refractivity contribution is 0.0601. The van der Waals surface area contributed by atoms with Crippen molar-refractivity contribution in [2.75, 3.05) is 7.11 Å². The predicted octanol–water partition coefficient (Wildman–Crippen LogP) is 2.44. The Balaban J connectivity index is 2.38. The molecule has 2 aromatic heterocycles. The molecule has 0 aliphatic rings. The zero-order valence-corrected chi connectivity index (χ0v) is 11.0. The van der Waals surface area contributed by atoms with Gasteiger partial charge >= 0.3 is 5.97 Å². The largest absolute Gasteiger partial charge is 0.465 e. The molecule has 0 saturated carbocycles. The van der Waals surface area contributed by atoms with Crippen molar-refractivity contribution in [3.05, 3.63) is 51.8 Å². The molecular weight excluding hydrogens is 258 g/mol. The number of ether oxygens (including phenoxy) is 1. The Kier molecular flexibility index (Phi) is 2.75. The number of benzene rings is 1. The first-order valence-corrected chi connectivity index (χ1v) is 6.02. The lowest BCUT2D eigenvalue weighted by atomic mass is 10.1. The maximum absolute atomic E-state index is 12.4. The van der Waals surface area contributed by atoms with Crippen molar-refractivity contribution in [3.8, 4) is 0 Å².